The van der Waals surface area contributed by atoms with E-state index in [1.807, 2.05) is 11.9 Å². The lowest BCUT2D eigenvalue weighted by Crippen LogP contribution is -2.54. The van der Waals surface area contributed by atoms with Crippen LogP contribution in [0, 0.1) is 0 Å². The summed E-state index contributed by atoms with van der Waals surface area (Å²) in [5.74, 6) is -3.04. The number of nitrogens with two attached hydrogens (primary N) is 1. The summed E-state index contributed by atoms with van der Waals surface area (Å²) in [5.41, 5.74) is 3.07. The first-order chi connectivity index (χ1) is 21.3. The van der Waals surface area contributed by atoms with Crippen LogP contribution in [0.15, 0.2) is 18.2 Å². The van der Waals surface area contributed by atoms with Crippen LogP contribution in [0.2, 0.25) is 0 Å². The third-order valence-corrected chi connectivity index (χ3v) is 9.62. The molecule has 2 saturated heterocycles. The van der Waals surface area contributed by atoms with Gasteiger partial charge in [-0.15, -0.1) is 0 Å². The second-order valence-electron chi connectivity index (χ2n) is 12.6. The summed E-state index contributed by atoms with van der Waals surface area (Å²) < 4.78 is 17.4. The second-order valence-corrected chi connectivity index (χ2v) is 12.6. The SMILES string of the molecule is COc1cccc2c1C(=O)c1c(O)c3c(c(O)c1C2=O)C[C@@](O)(C(=O)CN1CCN(C)CC1)C[C@H]3O[C@H]1C[C@@H](N)[C@@H](O)[C@@H](C)O1. The Kier molecular flexibility index (Phi) is 8.23. The van der Waals surface area contributed by atoms with Crippen molar-refractivity contribution in [2.24, 2.45) is 5.73 Å². The monoisotopic (exact) mass is 625 g/mol. The molecule has 0 saturated carbocycles. The number of phenolic OH excluding ortho intramolecular Hbond substituents is 2. The van der Waals surface area contributed by atoms with Crippen LogP contribution >= 0.6 is 0 Å². The van der Waals surface area contributed by atoms with Crippen molar-refractivity contribution < 1.29 is 49.0 Å². The van der Waals surface area contributed by atoms with Gasteiger partial charge < -0.3 is 45.3 Å². The Labute approximate surface area is 260 Å². The largest absolute Gasteiger partial charge is 0.507 e. The number of fused-ring (bicyclic) bond motifs is 3. The number of aliphatic hydroxyl groups is 2. The molecule has 2 heterocycles. The van der Waals surface area contributed by atoms with E-state index in [1.54, 1.807) is 6.92 Å². The molecule has 0 amide bonds. The fraction of sp³-hybridized carbons (Fsp3) is 0.531. The van der Waals surface area contributed by atoms with Crippen LogP contribution in [0.3, 0.4) is 0 Å². The molecule has 0 aromatic heterocycles. The number of rotatable bonds is 6. The number of aliphatic hydroxyl groups excluding tert-OH is 1. The molecule has 0 unspecified atom stereocenters. The van der Waals surface area contributed by atoms with Crippen molar-refractivity contribution in [3.63, 3.8) is 0 Å². The van der Waals surface area contributed by atoms with Crippen LogP contribution in [0.25, 0.3) is 0 Å². The van der Waals surface area contributed by atoms with Crippen molar-refractivity contribution in [3.8, 4) is 17.2 Å². The number of hydrogen-bond acceptors (Lipinski definition) is 13. The highest BCUT2D eigenvalue weighted by Crippen LogP contribution is 2.52. The Morgan fingerprint density at radius 3 is 2.44 bits per heavy atom. The number of benzene rings is 2. The van der Waals surface area contributed by atoms with E-state index in [-0.39, 0.29) is 47.4 Å². The Morgan fingerprint density at radius 2 is 1.78 bits per heavy atom. The van der Waals surface area contributed by atoms with E-state index in [2.05, 4.69) is 4.90 Å². The van der Waals surface area contributed by atoms with Crippen molar-refractivity contribution in [2.45, 2.75) is 62.4 Å². The molecule has 4 aliphatic rings. The van der Waals surface area contributed by atoms with Gasteiger partial charge in [0, 0.05) is 68.2 Å². The Morgan fingerprint density at radius 1 is 1.09 bits per heavy atom. The van der Waals surface area contributed by atoms with Gasteiger partial charge in [-0.1, -0.05) is 12.1 Å². The molecule has 13 nitrogen and oxygen atoms in total. The molecule has 2 fully saturated rings. The molecule has 2 aliphatic heterocycles. The molecular weight excluding hydrogens is 586 g/mol. The Balaban J connectivity index is 1.44. The maximum Gasteiger partial charge on any atom is 0.202 e. The van der Waals surface area contributed by atoms with Crippen molar-refractivity contribution in [1.82, 2.24) is 9.80 Å². The predicted octanol–water partition coefficient (Wildman–Crippen LogP) is 0.256. The molecule has 0 spiro atoms. The quantitative estimate of drug-likeness (QED) is 0.235. The molecule has 2 aliphatic carbocycles. The van der Waals surface area contributed by atoms with Crippen molar-refractivity contribution in [1.29, 1.82) is 0 Å². The van der Waals surface area contributed by atoms with E-state index in [9.17, 15) is 34.8 Å². The predicted molar refractivity (Wildman–Crippen MR) is 159 cm³/mol. The van der Waals surface area contributed by atoms with Gasteiger partial charge in [0.15, 0.2) is 17.9 Å². The maximum atomic E-state index is 13.9. The zero-order chi connectivity index (χ0) is 32.4. The van der Waals surface area contributed by atoms with Gasteiger partial charge in [0.25, 0.3) is 0 Å². The topological polar surface area (TPSA) is 192 Å². The number of carbonyl (C=O) groups excluding carboxylic acids is 3. The van der Waals surface area contributed by atoms with Gasteiger partial charge in [-0.2, -0.15) is 0 Å². The average molecular weight is 626 g/mol. The van der Waals surface area contributed by atoms with Crippen molar-refractivity contribution in [2.75, 3.05) is 46.9 Å². The number of piperazine rings is 1. The Hall–Kier alpha value is -3.43. The van der Waals surface area contributed by atoms with Crippen LogP contribution in [-0.2, 0) is 20.7 Å². The van der Waals surface area contributed by atoms with Gasteiger partial charge >= 0.3 is 0 Å². The zero-order valence-electron chi connectivity index (χ0n) is 25.5. The van der Waals surface area contributed by atoms with Crippen LogP contribution in [0.1, 0.15) is 68.8 Å². The average Bonchev–Trinajstić information content (AvgIpc) is 3.00. The van der Waals surface area contributed by atoms with Crippen LogP contribution in [-0.4, -0.2) is 125 Å². The molecule has 45 heavy (non-hydrogen) atoms. The number of methoxy groups -OCH3 is 1. The van der Waals surface area contributed by atoms with Crippen LogP contribution in [0.4, 0.5) is 0 Å². The summed E-state index contributed by atoms with van der Waals surface area (Å²) in [6.07, 6.45) is -4.61. The molecular formula is C32H39N3O10. The van der Waals surface area contributed by atoms with Crippen LogP contribution < -0.4 is 10.5 Å². The lowest BCUT2D eigenvalue weighted by atomic mass is 9.71. The summed E-state index contributed by atoms with van der Waals surface area (Å²) in [4.78, 5) is 45.5. The number of carbonyl (C=O) groups is 3. The number of hydrogen-bond donors (Lipinski definition) is 5. The number of aromatic hydroxyl groups is 2. The summed E-state index contributed by atoms with van der Waals surface area (Å²) in [6.45, 7) is 4.34. The first kappa shape index (κ1) is 31.5. The number of Topliss-reactive ketones (excluding diaryl/α,β-unsaturated/α-hetero) is 1. The molecule has 242 valence electrons. The highest BCUT2D eigenvalue weighted by atomic mass is 16.7. The minimum absolute atomic E-state index is 0.0105. The van der Waals surface area contributed by atoms with E-state index in [0.29, 0.717) is 13.1 Å². The van der Waals surface area contributed by atoms with Gasteiger partial charge in [0.05, 0.1) is 48.7 Å². The van der Waals surface area contributed by atoms with Gasteiger partial charge in [-0.05, 0) is 20.0 Å². The lowest BCUT2D eigenvalue weighted by Gasteiger charge is -2.43. The molecule has 2 aromatic carbocycles. The highest BCUT2D eigenvalue weighted by molar-refractivity contribution is 6.31. The van der Waals surface area contributed by atoms with E-state index >= 15 is 0 Å². The van der Waals surface area contributed by atoms with Crippen molar-refractivity contribution in [3.05, 3.63) is 51.6 Å². The lowest BCUT2D eigenvalue weighted by molar-refractivity contribution is -0.247. The molecule has 6 rings (SSSR count). The Bertz CT molecular complexity index is 1540. The first-order valence-corrected chi connectivity index (χ1v) is 15.1. The molecule has 2 aromatic rings. The summed E-state index contributed by atoms with van der Waals surface area (Å²) >= 11 is 0. The third kappa shape index (κ3) is 5.31. The standard InChI is InChI=1S/C32H39N3O10/c1-15-27(37)18(33)11-22(44-15)45-20-13-32(42,21(36)14-35-9-7-34(2)8-10-35)12-17-24(20)31(41)26-25(29(17)39)28(38)16-5-4-6-19(43-3)23(16)30(26)40/h4-6,15,18,20,22,27,37,39,41-42H,7-14,33H2,1-3H3/t15-,18-,20-,22+,27+,32+/m1/s1. The number of ether oxygens (including phenoxy) is 3. The first-order valence-electron chi connectivity index (χ1n) is 15.1. The minimum Gasteiger partial charge on any atom is -0.507 e. The number of phenols is 2. The van der Waals surface area contributed by atoms with E-state index in [4.69, 9.17) is 19.9 Å². The highest BCUT2D eigenvalue weighted by Gasteiger charge is 2.50. The van der Waals surface area contributed by atoms with E-state index in [0.717, 1.165) is 13.1 Å². The fourth-order valence-electron chi connectivity index (χ4n) is 6.96. The molecule has 0 bridgehead atoms. The van der Waals surface area contributed by atoms with Crippen molar-refractivity contribution >= 4 is 17.3 Å². The second kappa shape index (κ2) is 11.7. The fourth-order valence-corrected chi connectivity index (χ4v) is 6.96. The molecule has 6 N–H and O–H groups in total. The normalized spacial score (nSPS) is 30.4. The van der Waals surface area contributed by atoms with Gasteiger partial charge in [-0.3, -0.25) is 19.3 Å². The maximum absolute atomic E-state index is 13.9. The smallest absolute Gasteiger partial charge is 0.202 e. The van der Waals surface area contributed by atoms with Gasteiger partial charge in [0.2, 0.25) is 5.78 Å². The summed E-state index contributed by atoms with van der Waals surface area (Å²) in [6, 6.07) is 3.78. The third-order valence-electron chi connectivity index (χ3n) is 9.62. The van der Waals surface area contributed by atoms with Crippen LogP contribution in [0.5, 0.6) is 17.2 Å². The van der Waals surface area contributed by atoms with E-state index in [1.165, 1.54) is 25.3 Å². The molecule has 6 atom stereocenters. The summed E-state index contributed by atoms with van der Waals surface area (Å²) in [7, 11) is 3.34. The number of ketones is 3. The summed E-state index contributed by atoms with van der Waals surface area (Å²) in [5, 5.41) is 45.6. The molecule has 0 radical (unpaired) electrons. The zero-order valence-corrected chi connectivity index (χ0v) is 25.5. The van der Waals surface area contributed by atoms with Gasteiger partial charge in [0.1, 0.15) is 22.8 Å². The minimum atomic E-state index is -2.05. The number of likely N-dealkylation sites (N-methyl/N-ethyl adjacent to an activating group) is 1. The van der Waals surface area contributed by atoms with E-state index < -0.39 is 82.6 Å². The number of nitrogens with zero attached hydrogens (tertiary/aromatic N) is 2. The van der Waals surface area contributed by atoms with Gasteiger partial charge in [-0.25, -0.2) is 0 Å². The molecule has 13 heteroatoms.